The molecule has 1 saturated heterocycles. The van der Waals surface area contributed by atoms with Crippen LogP contribution in [0, 0.1) is 0 Å². The number of likely N-dealkylation sites (N-methyl/N-ethyl adjacent to an activating group) is 2. The normalized spacial score (nSPS) is 32.6. The summed E-state index contributed by atoms with van der Waals surface area (Å²) >= 11 is 0. The molecule has 0 radical (unpaired) electrons. The summed E-state index contributed by atoms with van der Waals surface area (Å²) < 4.78 is 0. The quantitative estimate of drug-likeness (QED) is 0.726. The maximum absolute atomic E-state index is 11.8. The predicted octanol–water partition coefficient (Wildman–Crippen LogP) is 1.52. The topological polar surface area (TPSA) is 23.6 Å². The summed E-state index contributed by atoms with van der Waals surface area (Å²) in [6.45, 7) is 2.28. The molecule has 1 aliphatic carbocycles. The average molecular weight is 224 g/mol. The Labute approximate surface area is 98.8 Å². The number of Topliss-reactive ketones (excluding diaryl/α,β-unsaturated/α-hetero) is 1. The van der Waals surface area contributed by atoms with E-state index in [1.165, 1.54) is 25.8 Å². The Morgan fingerprint density at radius 1 is 1.31 bits per heavy atom. The molecule has 1 heterocycles. The van der Waals surface area contributed by atoms with Crippen molar-refractivity contribution in [3.63, 3.8) is 0 Å². The van der Waals surface area contributed by atoms with Gasteiger partial charge in [0, 0.05) is 19.0 Å². The first-order valence-electron chi connectivity index (χ1n) is 6.61. The lowest BCUT2D eigenvalue weighted by Gasteiger charge is -2.33. The van der Waals surface area contributed by atoms with Gasteiger partial charge in [0.2, 0.25) is 0 Å². The number of hydrogen-bond donors (Lipinski definition) is 0. The molecule has 0 aromatic carbocycles. The molecular weight excluding hydrogens is 200 g/mol. The summed E-state index contributed by atoms with van der Waals surface area (Å²) in [4.78, 5) is 16.6. The van der Waals surface area contributed by atoms with Crippen LogP contribution in [-0.4, -0.2) is 54.9 Å². The van der Waals surface area contributed by atoms with E-state index in [0.717, 1.165) is 25.8 Å². The van der Waals surface area contributed by atoms with Gasteiger partial charge in [0.05, 0.1) is 6.04 Å². The lowest BCUT2D eigenvalue weighted by atomic mass is 9.93. The lowest BCUT2D eigenvalue weighted by Crippen LogP contribution is -2.46. The van der Waals surface area contributed by atoms with Gasteiger partial charge in [-0.1, -0.05) is 6.42 Å². The standard InChI is InChI=1S/C13H24N2O/c1-14-9-5-6-11(14)10-15(2)12-7-3-4-8-13(12)16/h11-12H,3-10H2,1-2H3. The maximum atomic E-state index is 11.8. The molecule has 0 bridgehead atoms. The van der Waals surface area contributed by atoms with Gasteiger partial charge in [0.1, 0.15) is 5.78 Å². The summed E-state index contributed by atoms with van der Waals surface area (Å²) in [5, 5.41) is 0. The fraction of sp³-hybridized carbons (Fsp3) is 0.923. The molecule has 0 aromatic heterocycles. The first kappa shape index (κ1) is 12.1. The van der Waals surface area contributed by atoms with Crippen LogP contribution < -0.4 is 0 Å². The minimum Gasteiger partial charge on any atom is -0.302 e. The van der Waals surface area contributed by atoms with E-state index < -0.39 is 0 Å². The van der Waals surface area contributed by atoms with Crippen LogP contribution in [0.3, 0.4) is 0 Å². The summed E-state index contributed by atoms with van der Waals surface area (Å²) in [6, 6.07) is 0.877. The van der Waals surface area contributed by atoms with Crippen molar-refractivity contribution in [2.45, 2.75) is 50.6 Å². The predicted molar refractivity (Wildman–Crippen MR) is 65.5 cm³/mol. The summed E-state index contributed by atoms with van der Waals surface area (Å²) in [6.07, 6.45) is 6.81. The van der Waals surface area contributed by atoms with Crippen LogP contribution in [0.1, 0.15) is 38.5 Å². The van der Waals surface area contributed by atoms with Gasteiger partial charge in [-0.05, 0) is 46.3 Å². The Balaban J connectivity index is 1.86. The van der Waals surface area contributed by atoms with Crippen LogP contribution in [0.25, 0.3) is 0 Å². The van der Waals surface area contributed by atoms with Crippen molar-refractivity contribution in [2.24, 2.45) is 0 Å². The molecule has 16 heavy (non-hydrogen) atoms. The second kappa shape index (κ2) is 5.28. The van der Waals surface area contributed by atoms with E-state index >= 15 is 0 Å². The molecule has 2 rings (SSSR count). The third-order valence-corrected chi connectivity index (χ3v) is 4.22. The van der Waals surface area contributed by atoms with Gasteiger partial charge < -0.3 is 4.90 Å². The molecule has 0 amide bonds. The summed E-state index contributed by atoms with van der Waals surface area (Å²) in [5.41, 5.74) is 0. The van der Waals surface area contributed by atoms with Gasteiger partial charge in [-0.3, -0.25) is 9.69 Å². The minimum atomic E-state index is 0.211. The molecule has 0 spiro atoms. The van der Waals surface area contributed by atoms with Crippen LogP contribution in [0.2, 0.25) is 0 Å². The molecule has 2 aliphatic rings. The Bertz CT molecular complexity index is 254. The van der Waals surface area contributed by atoms with Crippen molar-refractivity contribution in [2.75, 3.05) is 27.2 Å². The van der Waals surface area contributed by atoms with E-state index in [9.17, 15) is 4.79 Å². The van der Waals surface area contributed by atoms with Crippen LogP contribution in [0.15, 0.2) is 0 Å². The van der Waals surface area contributed by atoms with Crippen molar-refractivity contribution in [3.05, 3.63) is 0 Å². The maximum Gasteiger partial charge on any atom is 0.149 e. The zero-order valence-corrected chi connectivity index (χ0v) is 10.6. The number of ketones is 1. The first-order chi connectivity index (χ1) is 7.68. The lowest BCUT2D eigenvalue weighted by molar-refractivity contribution is -0.125. The van der Waals surface area contributed by atoms with Gasteiger partial charge in [0.25, 0.3) is 0 Å². The molecule has 0 N–H and O–H groups in total. The largest absolute Gasteiger partial charge is 0.302 e. The van der Waals surface area contributed by atoms with E-state index in [-0.39, 0.29) is 6.04 Å². The fourth-order valence-electron chi connectivity index (χ4n) is 3.10. The molecular formula is C13H24N2O. The van der Waals surface area contributed by atoms with E-state index in [1.54, 1.807) is 0 Å². The second-order valence-corrected chi connectivity index (χ2v) is 5.44. The third kappa shape index (κ3) is 2.64. The van der Waals surface area contributed by atoms with Crippen LogP contribution in [-0.2, 0) is 4.79 Å². The van der Waals surface area contributed by atoms with Crippen LogP contribution in [0.5, 0.6) is 0 Å². The van der Waals surface area contributed by atoms with E-state index in [1.807, 2.05) is 0 Å². The van der Waals surface area contributed by atoms with Crippen molar-refractivity contribution in [1.82, 2.24) is 9.80 Å². The van der Waals surface area contributed by atoms with Crippen LogP contribution in [0.4, 0.5) is 0 Å². The Kier molecular flexibility index (Phi) is 3.98. The molecule has 1 aliphatic heterocycles. The molecule has 92 valence electrons. The van der Waals surface area contributed by atoms with Crippen LogP contribution >= 0.6 is 0 Å². The Hall–Kier alpha value is -0.410. The average Bonchev–Trinajstić information content (AvgIpc) is 2.65. The smallest absolute Gasteiger partial charge is 0.149 e. The number of likely N-dealkylation sites (tertiary alicyclic amines) is 1. The molecule has 2 fully saturated rings. The number of rotatable bonds is 3. The molecule has 3 nitrogen and oxygen atoms in total. The second-order valence-electron chi connectivity index (χ2n) is 5.44. The Morgan fingerprint density at radius 2 is 2.12 bits per heavy atom. The molecule has 2 unspecified atom stereocenters. The first-order valence-corrected chi connectivity index (χ1v) is 6.61. The zero-order valence-electron chi connectivity index (χ0n) is 10.6. The molecule has 3 heteroatoms. The summed E-state index contributed by atoms with van der Waals surface area (Å²) in [7, 11) is 4.33. The Morgan fingerprint density at radius 3 is 2.75 bits per heavy atom. The van der Waals surface area contributed by atoms with Gasteiger partial charge in [-0.2, -0.15) is 0 Å². The van der Waals surface area contributed by atoms with Gasteiger partial charge in [-0.25, -0.2) is 0 Å². The van der Waals surface area contributed by atoms with Crippen molar-refractivity contribution in [1.29, 1.82) is 0 Å². The highest BCUT2D eigenvalue weighted by Crippen LogP contribution is 2.21. The van der Waals surface area contributed by atoms with E-state index in [4.69, 9.17) is 0 Å². The van der Waals surface area contributed by atoms with Crippen molar-refractivity contribution >= 4 is 5.78 Å². The fourth-order valence-corrected chi connectivity index (χ4v) is 3.10. The molecule has 0 aromatic rings. The van der Waals surface area contributed by atoms with Crippen molar-refractivity contribution < 1.29 is 4.79 Å². The zero-order chi connectivity index (χ0) is 11.5. The number of carbonyl (C=O) groups is 1. The van der Waals surface area contributed by atoms with Gasteiger partial charge in [0.15, 0.2) is 0 Å². The number of hydrogen-bond acceptors (Lipinski definition) is 3. The third-order valence-electron chi connectivity index (χ3n) is 4.22. The number of carbonyl (C=O) groups excluding carboxylic acids is 1. The SMILES string of the molecule is CN1CCCC1CN(C)C1CCCCC1=O. The van der Waals surface area contributed by atoms with Gasteiger partial charge in [-0.15, -0.1) is 0 Å². The van der Waals surface area contributed by atoms with E-state index in [0.29, 0.717) is 11.8 Å². The monoisotopic (exact) mass is 224 g/mol. The minimum absolute atomic E-state index is 0.211. The highest BCUT2D eigenvalue weighted by atomic mass is 16.1. The van der Waals surface area contributed by atoms with E-state index in [2.05, 4.69) is 23.9 Å². The highest BCUT2D eigenvalue weighted by Gasteiger charge is 2.29. The van der Waals surface area contributed by atoms with Gasteiger partial charge >= 0.3 is 0 Å². The summed E-state index contributed by atoms with van der Waals surface area (Å²) in [5.74, 6) is 0.467. The molecule has 1 saturated carbocycles. The highest BCUT2D eigenvalue weighted by molar-refractivity contribution is 5.84. The molecule has 2 atom stereocenters. The number of nitrogens with zero attached hydrogens (tertiary/aromatic N) is 2. The van der Waals surface area contributed by atoms with Crippen molar-refractivity contribution in [3.8, 4) is 0 Å².